The molecule has 1 heterocycles. The third kappa shape index (κ3) is 1.98. The Bertz CT molecular complexity index is 450. The van der Waals surface area contributed by atoms with Gasteiger partial charge in [0.25, 0.3) is 0 Å². The summed E-state index contributed by atoms with van der Waals surface area (Å²) < 4.78 is 5.41. The fraction of sp³-hybridized carbons (Fsp3) is 0.538. The predicted octanol–water partition coefficient (Wildman–Crippen LogP) is 2.18. The Hall–Kier alpha value is -1.60. The zero-order valence-corrected chi connectivity index (χ0v) is 10.4. The molecule has 0 saturated heterocycles. The number of nitrogens with zero attached hydrogens (tertiary/aromatic N) is 2. The summed E-state index contributed by atoms with van der Waals surface area (Å²) in [5, 5.41) is 12.4. The third-order valence-electron chi connectivity index (χ3n) is 3.73. The topological polar surface area (TPSA) is 57.9 Å². The molecule has 1 aliphatic rings. The van der Waals surface area contributed by atoms with Crippen LogP contribution in [-0.2, 0) is 4.74 Å². The molecule has 2 unspecified atom stereocenters. The van der Waals surface area contributed by atoms with Crippen molar-refractivity contribution in [2.24, 2.45) is 5.41 Å². The first-order valence-electron chi connectivity index (χ1n) is 5.73. The highest BCUT2D eigenvalue weighted by Crippen LogP contribution is 2.44. The molecular weight excluding hydrogens is 214 g/mol. The smallest absolute Gasteiger partial charge is 0.101 e. The molecule has 1 fully saturated rings. The number of nitrogens with one attached hydrogen (secondary N) is 1. The van der Waals surface area contributed by atoms with Gasteiger partial charge < -0.3 is 10.1 Å². The SMILES string of the molecule is COC1CC(Nc2cnccc2C#N)C1(C)C. The van der Waals surface area contributed by atoms with E-state index in [4.69, 9.17) is 10.00 Å². The maximum Gasteiger partial charge on any atom is 0.101 e. The van der Waals surface area contributed by atoms with Crippen LogP contribution in [0.3, 0.4) is 0 Å². The molecule has 2 atom stereocenters. The van der Waals surface area contributed by atoms with E-state index in [0.29, 0.717) is 11.6 Å². The molecule has 0 amide bonds. The van der Waals surface area contributed by atoms with Crippen LogP contribution in [-0.4, -0.2) is 24.2 Å². The minimum absolute atomic E-state index is 0.0807. The Labute approximate surface area is 102 Å². The highest BCUT2D eigenvalue weighted by molar-refractivity contribution is 5.56. The van der Waals surface area contributed by atoms with Gasteiger partial charge in [-0.15, -0.1) is 0 Å². The van der Waals surface area contributed by atoms with Crippen LogP contribution < -0.4 is 5.32 Å². The normalized spacial score (nSPS) is 25.8. The summed E-state index contributed by atoms with van der Waals surface area (Å²) in [6.07, 6.45) is 4.58. The first-order chi connectivity index (χ1) is 8.09. The molecule has 1 saturated carbocycles. The van der Waals surface area contributed by atoms with Crippen LogP contribution in [0.5, 0.6) is 0 Å². The van der Waals surface area contributed by atoms with Crippen molar-refractivity contribution in [2.75, 3.05) is 12.4 Å². The molecule has 0 aromatic carbocycles. The van der Waals surface area contributed by atoms with Crippen LogP contribution in [0.4, 0.5) is 5.69 Å². The lowest BCUT2D eigenvalue weighted by molar-refractivity contribution is -0.0794. The van der Waals surface area contributed by atoms with Gasteiger partial charge in [-0.25, -0.2) is 0 Å². The number of pyridine rings is 1. The van der Waals surface area contributed by atoms with Crippen LogP contribution in [0.1, 0.15) is 25.8 Å². The van der Waals surface area contributed by atoms with Gasteiger partial charge in [0.15, 0.2) is 0 Å². The van der Waals surface area contributed by atoms with E-state index >= 15 is 0 Å². The van der Waals surface area contributed by atoms with Crippen LogP contribution in [0, 0.1) is 16.7 Å². The van der Waals surface area contributed by atoms with Crippen molar-refractivity contribution in [3.63, 3.8) is 0 Å². The first-order valence-corrected chi connectivity index (χ1v) is 5.73. The summed E-state index contributed by atoms with van der Waals surface area (Å²) in [5.41, 5.74) is 1.52. The number of methoxy groups -OCH3 is 1. The van der Waals surface area contributed by atoms with E-state index in [0.717, 1.165) is 12.1 Å². The molecule has 17 heavy (non-hydrogen) atoms. The van der Waals surface area contributed by atoms with E-state index in [-0.39, 0.29) is 11.5 Å². The van der Waals surface area contributed by atoms with Gasteiger partial charge >= 0.3 is 0 Å². The highest BCUT2D eigenvalue weighted by atomic mass is 16.5. The van der Waals surface area contributed by atoms with Crippen LogP contribution in [0.25, 0.3) is 0 Å². The molecule has 4 nitrogen and oxygen atoms in total. The number of aromatic nitrogens is 1. The number of rotatable bonds is 3. The van der Waals surface area contributed by atoms with Gasteiger partial charge in [0, 0.05) is 24.8 Å². The minimum Gasteiger partial charge on any atom is -0.381 e. The summed E-state index contributed by atoms with van der Waals surface area (Å²) in [6, 6.07) is 4.21. The van der Waals surface area contributed by atoms with Crippen molar-refractivity contribution in [3.8, 4) is 6.07 Å². The van der Waals surface area contributed by atoms with Crippen LogP contribution >= 0.6 is 0 Å². The van der Waals surface area contributed by atoms with Gasteiger partial charge in [-0.05, 0) is 12.5 Å². The second kappa shape index (κ2) is 4.34. The molecule has 2 rings (SSSR count). The summed E-state index contributed by atoms with van der Waals surface area (Å²) in [6.45, 7) is 4.34. The predicted molar refractivity (Wildman–Crippen MR) is 65.6 cm³/mol. The number of hydrogen-bond donors (Lipinski definition) is 1. The lowest BCUT2D eigenvalue weighted by atomic mass is 9.64. The molecule has 0 radical (unpaired) electrons. The second-order valence-corrected chi connectivity index (χ2v) is 5.01. The lowest BCUT2D eigenvalue weighted by Crippen LogP contribution is -2.57. The van der Waals surface area contributed by atoms with Gasteiger partial charge in [0.1, 0.15) is 6.07 Å². The number of hydrogen-bond acceptors (Lipinski definition) is 4. The Morgan fingerprint density at radius 3 is 2.94 bits per heavy atom. The standard InChI is InChI=1S/C13H17N3O/c1-13(2)11(6-12(13)17-3)16-10-8-15-5-4-9(10)7-14/h4-5,8,11-12,16H,6H2,1-3H3. The molecule has 0 aliphatic heterocycles. The number of nitriles is 1. The Morgan fingerprint density at radius 1 is 1.59 bits per heavy atom. The third-order valence-corrected chi connectivity index (χ3v) is 3.73. The van der Waals surface area contributed by atoms with Crippen molar-refractivity contribution >= 4 is 5.69 Å². The molecule has 1 N–H and O–H groups in total. The van der Waals surface area contributed by atoms with Crippen molar-refractivity contribution < 1.29 is 4.74 Å². The van der Waals surface area contributed by atoms with Crippen molar-refractivity contribution in [1.82, 2.24) is 4.98 Å². The molecule has 1 aliphatic carbocycles. The van der Waals surface area contributed by atoms with Crippen molar-refractivity contribution in [3.05, 3.63) is 24.0 Å². The van der Waals surface area contributed by atoms with Gasteiger partial charge in [-0.3, -0.25) is 4.98 Å². The fourth-order valence-electron chi connectivity index (χ4n) is 2.33. The molecule has 1 aromatic heterocycles. The molecule has 0 bridgehead atoms. The quantitative estimate of drug-likeness (QED) is 0.866. The van der Waals surface area contributed by atoms with Gasteiger partial charge in [0.05, 0.1) is 23.6 Å². The molecular formula is C13H17N3O. The molecule has 1 aromatic rings. The lowest BCUT2D eigenvalue weighted by Gasteiger charge is -2.51. The summed E-state index contributed by atoms with van der Waals surface area (Å²) >= 11 is 0. The maximum absolute atomic E-state index is 9.01. The minimum atomic E-state index is 0.0807. The Kier molecular flexibility index (Phi) is 3.03. The highest BCUT2D eigenvalue weighted by Gasteiger charge is 2.48. The van der Waals surface area contributed by atoms with E-state index in [1.165, 1.54) is 0 Å². The fourth-order valence-corrected chi connectivity index (χ4v) is 2.33. The number of anilines is 1. The Balaban J connectivity index is 2.11. The number of ether oxygens (including phenoxy) is 1. The Morgan fingerprint density at radius 2 is 2.35 bits per heavy atom. The van der Waals surface area contributed by atoms with Crippen LogP contribution in [0.2, 0.25) is 0 Å². The molecule has 90 valence electrons. The average molecular weight is 231 g/mol. The van der Waals surface area contributed by atoms with E-state index in [1.54, 1.807) is 25.6 Å². The molecule has 4 heteroatoms. The summed E-state index contributed by atoms with van der Waals surface area (Å²) in [4.78, 5) is 4.05. The first kappa shape index (κ1) is 11.9. The van der Waals surface area contributed by atoms with Gasteiger partial charge in [-0.2, -0.15) is 5.26 Å². The van der Waals surface area contributed by atoms with E-state index in [9.17, 15) is 0 Å². The van der Waals surface area contributed by atoms with E-state index in [2.05, 4.69) is 30.2 Å². The monoisotopic (exact) mass is 231 g/mol. The van der Waals surface area contributed by atoms with Crippen molar-refractivity contribution in [1.29, 1.82) is 5.26 Å². The van der Waals surface area contributed by atoms with E-state index in [1.807, 2.05) is 0 Å². The largest absolute Gasteiger partial charge is 0.381 e. The van der Waals surface area contributed by atoms with E-state index < -0.39 is 0 Å². The zero-order valence-electron chi connectivity index (χ0n) is 10.4. The van der Waals surface area contributed by atoms with Gasteiger partial charge in [0.2, 0.25) is 0 Å². The zero-order chi connectivity index (χ0) is 12.5. The van der Waals surface area contributed by atoms with Crippen molar-refractivity contribution in [2.45, 2.75) is 32.4 Å². The summed E-state index contributed by atoms with van der Waals surface area (Å²) in [5.74, 6) is 0. The van der Waals surface area contributed by atoms with Gasteiger partial charge in [-0.1, -0.05) is 13.8 Å². The average Bonchev–Trinajstić information content (AvgIpc) is 2.34. The molecule has 0 spiro atoms. The summed E-state index contributed by atoms with van der Waals surface area (Å²) in [7, 11) is 1.74. The second-order valence-electron chi connectivity index (χ2n) is 5.01. The van der Waals surface area contributed by atoms with Crippen LogP contribution in [0.15, 0.2) is 18.5 Å². The maximum atomic E-state index is 9.01.